The van der Waals surface area contributed by atoms with E-state index < -0.39 is 0 Å². The Kier molecular flexibility index (Phi) is 12.2. The van der Waals surface area contributed by atoms with E-state index >= 15 is 0 Å². The number of esters is 1. The molecule has 0 aliphatic rings. The maximum absolute atomic E-state index is 10.5. The molecule has 0 radical (unpaired) electrons. The second-order valence-electron chi connectivity index (χ2n) is 4.16. The molecule has 98 valence electrons. The molecular formula is C15H26O2. The van der Waals surface area contributed by atoms with Crippen LogP contribution in [0.5, 0.6) is 0 Å². The van der Waals surface area contributed by atoms with Crippen molar-refractivity contribution in [3.05, 3.63) is 24.3 Å². The first-order valence-corrected chi connectivity index (χ1v) is 6.67. The van der Waals surface area contributed by atoms with Crippen molar-refractivity contribution < 1.29 is 9.53 Å². The Hall–Kier alpha value is -1.05. The maximum Gasteiger partial charge on any atom is 0.302 e. The van der Waals surface area contributed by atoms with E-state index in [1.807, 2.05) is 0 Å². The van der Waals surface area contributed by atoms with Crippen LogP contribution in [0.2, 0.25) is 0 Å². The van der Waals surface area contributed by atoms with Crippen LogP contribution in [-0.4, -0.2) is 12.6 Å². The molecule has 2 nitrogen and oxygen atoms in total. The van der Waals surface area contributed by atoms with Crippen molar-refractivity contribution in [3.8, 4) is 0 Å². The number of hydrogen-bond donors (Lipinski definition) is 0. The summed E-state index contributed by atoms with van der Waals surface area (Å²) in [6, 6.07) is 0. The van der Waals surface area contributed by atoms with Crippen molar-refractivity contribution in [2.75, 3.05) is 6.61 Å². The third-order valence-corrected chi connectivity index (χ3v) is 2.46. The minimum atomic E-state index is -0.175. The van der Waals surface area contributed by atoms with Gasteiger partial charge in [0.25, 0.3) is 0 Å². The number of ether oxygens (including phenoxy) is 1. The summed E-state index contributed by atoms with van der Waals surface area (Å²) in [7, 11) is 0. The topological polar surface area (TPSA) is 26.3 Å². The first-order chi connectivity index (χ1) is 8.27. The molecule has 0 aromatic carbocycles. The SMILES string of the molecule is C/C=C/CCC/C=C/CCCCCOC(C)=O. The number of rotatable bonds is 10. The van der Waals surface area contributed by atoms with E-state index in [0.29, 0.717) is 6.61 Å². The Morgan fingerprint density at radius 3 is 2.24 bits per heavy atom. The minimum absolute atomic E-state index is 0.175. The molecule has 0 amide bonds. The summed E-state index contributed by atoms with van der Waals surface area (Å²) in [5, 5.41) is 0. The molecule has 0 aliphatic carbocycles. The number of carbonyl (C=O) groups excluding carboxylic acids is 1. The summed E-state index contributed by atoms with van der Waals surface area (Å²) >= 11 is 0. The zero-order valence-corrected chi connectivity index (χ0v) is 11.3. The Labute approximate surface area is 106 Å². The lowest BCUT2D eigenvalue weighted by molar-refractivity contribution is -0.141. The lowest BCUT2D eigenvalue weighted by Gasteiger charge is -2.00. The van der Waals surface area contributed by atoms with Gasteiger partial charge in [-0.2, -0.15) is 0 Å². The van der Waals surface area contributed by atoms with Gasteiger partial charge in [-0.1, -0.05) is 24.3 Å². The molecule has 2 heteroatoms. The highest BCUT2D eigenvalue weighted by atomic mass is 16.5. The van der Waals surface area contributed by atoms with Gasteiger partial charge in [0.2, 0.25) is 0 Å². The lowest BCUT2D eigenvalue weighted by atomic mass is 10.1. The second kappa shape index (κ2) is 13.0. The van der Waals surface area contributed by atoms with Gasteiger partial charge in [-0.05, 0) is 51.9 Å². The Bertz CT molecular complexity index is 229. The van der Waals surface area contributed by atoms with E-state index in [0.717, 1.165) is 19.3 Å². The van der Waals surface area contributed by atoms with E-state index in [2.05, 4.69) is 31.2 Å². The molecule has 0 rings (SSSR count). The van der Waals surface area contributed by atoms with Crippen molar-refractivity contribution in [1.29, 1.82) is 0 Å². The quantitative estimate of drug-likeness (QED) is 0.320. The van der Waals surface area contributed by atoms with Gasteiger partial charge in [0.1, 0.15) is 0 Å². The van der Waals surface area contributed by atoms with Gasteiger partial charge in [-0.25, -0.2) is 0 Å². The fraction of sp³-hybridized carbons (Fsp3) is 0.667. The van der Waals surface area contributed by atoms with Crippen LogP contribution in [0, 0.1) is 0 Å². The van der Waals surface area contributed by atoms with Crippen LogP contribution < -0.4 is 0 Å². The smallest absolute Gasteiger partial charge is 0.302 e. The van der Waals surface area contributed by atoms with Crippen LogP contribution in [0.1, 0.15) is 58.8 Å². The van der Waals surface area contributed by atoms with Crippen LogP contribution in [0.4, 0.5) is 0 Å². The van der Waals surface area contributed by atoms with Crippen LogP contribution in [0.3, 0.4) is 0 Å². The number of unbranched alkanes of at least 4 members (excludes halogenated alkanes) is 5. The monoisotopic (exact) mass is 238 g/mol. The third-order valence-electron chi connectivity index (χ3n) is 2.46. The predicted molar refractivity (Wildman–Crippen MR) is 72.9 cm³/mol. The molecule has 0 aliphatic heterocycles. The molecule has 0 unspecified atom stereocenters. The lowest BCUT2D eigenvalue weighted by Crippen LogP contribution is -1.99. The first-order valence-electron chi connectivity index (χ1n) is 6.67. The van der Waals surface area contributed by atoms with Gasteiger partial charge >= 0.3 is 5.97 Å². The summed E-state index contributed by atoms with van der Waals surface area (Å²) < 4.78 is 4.86. The van der Waals surface area contributed by atoms with Gasteiger partial charge in [-0.15, -0.1) is 0 Å². The predicted octanol–water partition coefficient (Wildman–Crippen LogP) is 4.41. The summed E-state index contributed by atoms with van der Waals surface area (Å²) in [5.74, 6) is -0.175. The molecule has 0 fully saturated rings. The standard InChI is InChI=1S/C15H26O2/c1-3-4-5-6-7-8-9-10-11-12-13-14-17-15(2)16/h3-4,8-9H,5-7,10-14H2,1-2H3/b4-3+,9-8+. The highest BCUT2D eigenvalue weighted by molar-refractivity contribution is 5.65. The molecule has 0 bridgehead atoms. The van der Waals surface area contributed by atoms with E-state index in [4.69, 9.17) is 4.74 Å². The average Bonchev–Trinajstić information content (AvgIpc) is 2.30. The van der Waals surface area contributed by atoms with Gasteiger partial charge in [-0.3, -0.25) is 4.79 Å². The highest BCUT2D eigenvalue weighted by Gasteiger charge is 1.92. The van der Waals surface area contributed by atoms with E-state index in [9.17, 15) is 4.79 Å². The van der Waals surface area contributed by atoms with Crippen molar-refractivity contribution in [1.82, 2.24) is 0 Å². The summed E-state index contributed by atoms with van der Waals surface area (Å²) in [5.41, 5.74) is 0. The second-order valence-corrected chi connectivity index (χ2v) is 4.16. The van der Waals surface area contributed by atoms with Gasteiger partial charge in [0, 0.05) is 6.92 Å². The van der Waals surface area contributed by atoms with Gasteiger partial charge in [0.05, 0.1) is 6.61 Å². The third kappa shape index (κ3) is 14.9. The van der Waals surface area contributed by atoms with Crippen LogP contribution in [0.25, 0.3) is 0 Å². The van der Waals surface area contributed by atoms with E-state index in [1.165, 1.54) is 32.6 Å². The van der Waals surface area contributed by atoms with Crippen molar-refractivity contribution in [2.24, 2.45) is 0 Å². The molecular weight excluding hydrogens is 212 g/mol. The number of allylic oxidation sites excluding steroid dienone is 4. The first kappa shape index (κ1) is 16.0. The highest BCUT2D eigenvalue weighted by Crippen LogP contribution is 2.03. The van der Waals surface area contributed by atoms with Crippen LogP contribution >= 0.6 is 0 Å². The fourth-order valence-corrected chi connectivity index (χ4v) is 1.51. The summed E-state index contributed by atoms with van der Waals surface area (Å²) in [6.45, 7) is 4.09. The zero-order chi connectivity index (χ0) is 12.8. The summed E-state index contributed by atoms with van der Waals surface area (Å²) in [6.07, 6.45) is 16.9. The van der Waals surface area contributed by atoms with Gasteiger partial charge in [0.15, 0.2) is 0 Å². The minimum Gasteiger partial charge on any atom is -0.466 e. The Morgan fingerprint density at radius 2 is 1.59 bits per heavy atom. The molecule has 0 saturated heterocycles. The number of hydrogen-bond acceptors (Lipinski definition) is 2. The van der Waals surface area contributed by atoms with Crippen LogP contribution in [0.15, 0.2) is 24.3 Å². The zero-order valence-electron chi connectivity index (χ0n) is 11.3. The maximum atomic E-state index is 10.5. The van der Waals surface area contributed by atoms with E-state index in [1.54, 1.807) is 0 Å². The molecule has 0 saturated carbocycles. The molecule has 0 atom stereocenters. The molecule has 17 heavy (non-hydrogen) atoms. The normalized spacial score (nSPS) is 11.4. The summed E-state index contributed by atoms with van der Waals surface area (Å²) in [4.78, 5) is 10.5. The molecule has 0 heterocycles. The molecule has 0 aromatic rings. The van der Waals surface area contributed by atoms with Gasteiger partial charge < -0.3 is 4.74 Å². The van der Waals surface area contributed by atoms with E-state index in [-0.39, 0.29) is 5.97 Å². The van der Waals surface area contributed by atoms with Crippen molar-refractivity contribution in [2.45, 2.75) is 58.8 Å². The van der Waals surface area contributed by atoms with Crippen molar-refractivity contribution >= 4 is 5.97 Å². The van der Waals surface area contributed by atoms with Crippen LogP contribution in [-0.2, 0) is 9.53 Å². The number of carbonyl (C=O) groups is 1. The molecule has 0 aromatic heterocycles. The molecule has 0 N–H and O–H groups in total. The average molecular weight is 238 g/mol. The largest absolute Gasteiger partial charge is 0.466 e. The Morgan fingerprint density at radius 1 is 0.941 bits per heavy atom. The molecule has 0 spiro atoms. The fourth-order valence-electron chi connectivity index (χ4n) is 1.51. The Balaban J connectivity index is 3.11. The van der Waals surface area contributed by atoms with Crippen molar-refractivity contribution in [3.63, 3.8) is 0 Å².